The number of para-hydroxylation sites is 1. The predicted octanol–water partition coefficient (Wildman–Crippen LogP) is 1.16. The van der Waals surface area contributed by atoms with Crippen molar-refractivity contribution in [2.45, 2.75) is 18.9 Å². The second-order valence-electron chi connectivity index (χ2n) is 5.90. The highest BCUT2D eigenvalue weighted by Gasteiger charge is 2.26. The van der Waals surface area contributed by atoms with Crippen LogP contribution in [-0.2, 0) is 14.4 Å². The van der Waals surface area contributed by atoms with Crippen LogP contribution in [0, 0.1) is 0 Å². The van der Waals surface area contributed by atoms with Crippen LogP contribution in [0.15, 0.2) is 54.6 Å². The third-order valence-electron chi connectivity index (χ3n) is 3.76. The van der Waals surface area contributed by atoms with Crippen LogP contribution >= 0.6 is 0 Å². The van der Waals surface area contributed by atoms with Crippen LogP contribution in [0.1, 0.15) is 12.8 Å². The second-order valence-corrected chi connectivity index (χ2v) is 5.90. The van der Waals surface area contributed by atoms with E-state index in [-0.39, 0.29) is 12.6 Å². The first-order valence-corrected chi connectivity index (χ1v) is 8.30. The average molecular weight is 353 g/mol. The molecule has 0 unspecified atom stereocenters. The molecule has 0 spiro atoms. The number of hydrogen-bond acceptors (Lipinski definition) is 4. The van der Waals surface area contributed by atoms with Gasteiger partial charge in [0.05, 0.1) is 0 Å². The second kappa shape index (κ2) is 8.15. The van der Waals surface area contributed by atoms with Crippen molar-refractivity contribution in [3.05, 3.63) is 54.6 Å². The highest BCUT2D eigenvalue weighted by atomic mass is 16.5. The van der Waals surface area contributed by atoms with Gasteiger partial charge in [-0.3, -0.25) is 25.2 Å². The van der Waals surface area contributed by atoms with Gasteiger partial charge in [0.2, 0.25) is 0 Å². The number of benzene rings is 2. The van der Waals surface area contributed by atoms with Crippen LogP contribution in [0.3, 0.4) is 0 Å². The number of ether oxygens (including phenoxy) is 1. The van der Waals surface area contributed by atoms with E-state index < -0.39 is 17.7 Å². The Hall–Kier alpha value is -3.35. The van der Waals surface area contributed by atoms with Crippen LogP contribution in [0.2, 0.25) is 0 Å². The van der Waals surface area contributed by atoms with E-state index >= 15 is 0 Å². The molecule has 7 nitrogen and oxygen atoms in total. The molecule has 2 aromatic carbocycles. The lowest BCUT2D eigenvalue weighted by Gasteiger charge is -2.12. The summed E-state index contributed by atoms with van der Waals surface area (Å²) < 4.78 is 5.56. The maximum atomic E-state index is 11.8. The van der Waals surface area contributed by atoms with Gasteiger partial charge in [0.1, 0.15) is 5.75 Å². The Bertz CT molecular complexity index is 803. The summed E-state index contributed by atoms with van der Waals surface area (Å²) in [6.45, 7) is -0.297. The molecule has 3 rings (SSSR count). The fourth-order valence-electron chi connectivity index (χ4n) is 2.29. The van der Waals surface area contributed by atoms with E-state index in [0.29, 0.717) is 5.75 Å². The van der Waals surface area contributed by atoms with E-state index in [4.69, 9.17) is 4.74 Å². The Morgan fingerprint density at radius 1 is 0.885 bits per heavy atom. The van der Waals surface area contributed by atoms with Gasteiger partial charge < -0.3 is 10.1 Å². The number of hydrogen-bond donors (Lipinski definition) is 3. The molecular weight excluding hydrogens is 334 g/mol. The van der Waals surface area contributed by atoms with E-state index in [2.05, 4.69) is 16.2 Å². The zero-order valence-corrected chi connectivity index (χ0v) is 14.0. The monoisotopic (exact) mass is 353 g/mol. The first kappa shape index (κ1) is 17.5. The Kier molecular flexibility index (Phi) is 5.48. The summed E-state index contributed by atoms with van der Waals surface area (Å²) in [5, 5.41) is 2.53. The number of carbonyl (C=O) groups excluding carboxylic acids is 3. The molecule has 0 atom stereocenters. The highest BCUT2D eigenvalue weighted by molar-refractivity contribution is 6.35. The van der Waals surface area contributed by atoms with E-state index in [1.165, 1.54) is 0 Å². The van der Waals surface area contributed by atoms with Crippen LogP contribution in [-0.4, -0.2) is 30.4 Å². The van der Waals surface area contributed by atoms with Crippen molar-refractivity contribution < 1.29 is 19.1 Å². The maximum Gasteiger partial charge on any atom is 0.327 e. The van der Waals surface area contributed by atoms with E-state index in [1.54, 1.807) is 6.07 Å². The van der Waals surface area contributed by atoms with Crippen LogP contribution in [0.25, 0.3) is 11.1 Å². The van der Waals surface area contributed by atoms with Gasteiger partial charge in [-0.1, -0.05) is 48.5 Å². The SMILES string of the molecule is O=C(COc1ccccc1-c1ccccc1)NNC(=O)C(=O)NC1CC1. The molecule has 3 N–H and O–H groups in total. The number of carbonyl (C=O) groups is 3. The quantitative estimate of drug-likeness (QED) is 0.555. The molecule has 7 heteroatoms. The molecule has 0 heterocycles. The Labute approximate surface area is 150 Å². The molecule has 1 saturated carbocycles. The van der Waals surface area contributed by atoms with Crippen molar-refractivity contribution in [2.75, 3.05) is 6.61 Å². The van der Waals surface area contributed by atoms with Gasteiger partial charge in [0.15, 0.2) is 6.61 Å². The molecule has 0 bridgehead atoms. The van der Waals surface area contributed by atoms with Gasteiger partial charge in [0.25, 0.3) is 5.91 Å². The van der Waals surface area contributed by atoms with Crippen molar-refractivity contribution in [1.29, 1.82) is 0 Å². The Morgan fingerprint density at radius 3 is 2.31 bits per heavy atom. The van der Waals surface area contributed by atoms with Gasteiger partial charge in [-0.25, -0.2) is 0 Å². The van der Waals surface area contributed by atoms with Gasteiger partial charge in [0, 0.05) is 11.6 Å². The van der Waals surface area contributed by atoms with Crippen molar-refractivity contribution >= 4 is 17.7 Å². The summed E-state index contributed by atoms with van der Waals surface area (Å²) in [4.78, 5) is 34.9. The molecule has 0 radical (unpaired) electrons. The van der Waals surface area contributed by atoms with Crippen molar-refractivity contribution in [1.82, 2.24) is 16.2 Å². The lowest BCUT2D eigenvalue weighted by Crippen LogP contribution is -2.50. The van der Waals surface area contributed by atoms with Gasteiger partial charge in [-0.2, -0.15) is 0 Å². The van der Waals surface area contributed by atoms with Gasteiger partial charge in [-0.05, 0) is 24.5 Å². The highest BCUT2D eigenvalue weighted by Crippen LogP contribution is 2.29. The smallest absolute Gasteiger partial charge is 0.327 e. The normalized spacial score (nSPS) is 12.8. The minimum atomic E-state index is -0.907. The Balaban J connectivity index is 1.50. The van der Waals surface area contributed by atoms with Crippen molar-refractivity contribution in [2.24, 2.45) is 0 Å². The summed E-state index contributed by atoms with van der Waals surface area (Å²) in [5.41, 5.74) is 6.05. The van der Waals surface area contributed by atoms with E-state index in [9.17, 15) is 14.4 Å². The third kappa shape index (κ3) is 4.83. The first-order valence-electron chi connectivity index (χ1n) is 8.30. The number of nitrogens with one attached hydrogen (secondary N) is 3. The number of hydrazine groups is 1. The van der Waals surface area contributed by atoms with Crippen molar-refractivity contribution in [3.63, 3.8) is 0 Å². The maximum absolute atomic E-state index is 11.8. The molecule has 2 aromatic rings. The zero-order valence-electron chi connectivity index (χ0n) is 14.0. The summed E-state index contributed by atoms with van der Waals surface area (Å²) in [6.07, 6.45) is 1.75. The average Bonchev–Trinajstić information content (AvgIpc) is 3.49. The largest absolute Gasteiger partial charge is 0.483 e. The van der Waals surface area contributed by atoms with Crippen molar-refractivity contribution in [3.8, 4) is 16.9 Å². The van der Waals surface area contributed by atoms with Gasteiger partial charge >= 0.3 is 11.8 Å². The molecular formula is C19H19N3O4. The van der Waals surface area contributed by atoms with Gasteiger partial charge in [-0.15, -0.1) is 0 Å². The van der Waals surface area contributed by atoms with E-state index in [0.717, 1.165) is 24.0 Å². The summed E-state index contributed by atoms with van der Waals surface area (Å²) in [5.74, 6) is -1.69. The van der Waals surface area contributed by atoms with Crippen LogP contribution in [0.5, 0.6) is 5.75 Å². The summed E-state index contributed by atoms with van der Waals surface area (Å²) in [6, 6.07) is 17.1. The number of amides is 3. The van der Waals surface area contributed by atoms with Crippen LogP contribution in [0.4, 0.5) is 0 Å². The van der Waals surface area contributed by atoms with Crippen LogP contribution < -0.4 is 20.9 Å². The minimum absolute atomic E-state index is 0.0711. The molecule has 1 aliphatic rings. The first-order chi connectivity index (χ1) is 12.6. The number of rotatable bonds is 5. The minimum Gasteiger partial charge on any atom is -0.483 e. The molecule has 0 saturated heterocycles. The fourth-order valence-corrected chi connectivity index (χ4v) is 2.29. The summed E-state index contributed by atoms with van der Waals surface area (Å²) in [7, 11) is 0. The molecule has 0 aliphatic heterocycles. The fraction of sp³-hybridized carbons (Fsp3) is 0.211. The summed E-state index contributed by atoms with van der Waals surface area (Å²) >= 11 is 0. The predicted molar refractivity (Wildman–Crippen MR) is 94.8 cm³/mol. The third-order valence-corrected chi connectivity index (χ3v) is 3.76. The molecule has 1 fully saturated rings. The molecule has 134 valence electrons. The molecule has 3 amide bonds. The molecule has 1 aliphatic carbocycles. The molecule has 26 heavy (non-hydrogen) atoms. The zero-order chi connectivity index (χ0) is 18.4. The Morgan fingerprint density at radius 2 is 1.58 bits per heavy atom. The molecule has 0 aromatic heterocycles. The standard InChI is InChI=1S/C19H19N3O4/c23-17(21-22-19(25)18(24)20-14-10-11-14)12-26-16-9-5-4-8-15(16)13-6-2-1-3-7-13/h1-9,14H,10-12H2,(H,20,24)(H,21,23)(H,22,25). The topological polar surface area (TPSA) is 96.5 Å². The lowest BCUT2D eigenvalue weighted by atomic mass is 10.1. The van der Waals surface area contributed by atoms with E-state index in [1.807, 2.05) is 48.5 Å². The lowest BCUT2D eigenvalue weighted by molar-refractivity contribution is -0.141.